The van der Waals surface area contributed by atoms with Crippen LogP contribution in [0.4, 0.5) is 0 Å². The lowest BCUT2D eigenvalue weighted by molar-refractivity contribution is 0.391. The molecule has 0 saturated carbocycles. The number of fused-ring (bicyclic) bond motifs is 1. The molecule has 2 rings (SSSR count). The lowest BCUT2D eigenvalue weighted by Gasteiger charge is -2.11. The minimum Gasteiger partial charge on any atom is -0.512 e. The highest BCUT2D eigenvalue weighted by Crippen LogP contribution is 2.21. The molecule has 1 N–H and O–H groups in total. The zero-order chi connectivity index (χ0) is 7.68. The predicted octanol–water partition coefficient (Wildman–Crippen LogP) is 2.53. The molecule has 0 fully saturated rings. The van der Waals surface area contributed by atoms with E-state index in [0.717, 1.165) is 18.4 Å². The third-order valence-electron chi connectivity index (χ3n) is 2.03. The molecule has 0 saturated heterocycles. The molecule has 1 aromatic carbocycles. The monoisotopic (exact) mass is 146 g/mol. The summed E-state index contributed by atoms with van der Waals surface area (Å²) in [6.45, 7) is 0. The molecule has 11 heavy (non-hydrogen) atoms. The van der Waals surface area contributed by atoms with E-state index in [-0.39, 0.29) is 0 Å². The molecule has 1 aliphatic rings. The van der Waals surface area contributed by atoms with Crippen molar-refractivity contribution in [3.8, 4) is 0 Å². The van der Waals surface area contributed by atoms with E-state index in [0.29, 0.717) is 5.76 Å². The summed E-state index contributed by atoms with van der Waals surface area (Å²) in [6, 6.07) is 8.17. The van der Waals surface area contributed by atoms with Gasteiger partial charge in [-0.3, -0.25) is 0 Å². The Bertz CT molecular complexity index is 299. The third-order valence-corrected chi connectivity index (χ3v) is 2.03. The van der Waals surface area contributed by atoms with Crippen LogP contribution >= 0.6 is 0 Å². The van der Waals surface area contributed by atoms with Crippen molar-refractivity contribution in [3.63, 3.8) is 0 Å². The average molecular weight is 146 g/mol. The van der Waals surface area contributed by atoms with Crippen LogP contribution < -0.4 is 0 Å². The molecule has 0 atom stereocenters. The van der Waals surface area contributed by atoms with Crippen molar-refractivity contribution < 1.29 is 5.11 Å². The van der Waals surface area contributed by atoms with Crippen LogP contribution in [0.15, 0.2) is 30.0 Å². The van der Waals surface area contributed by atoms with Crippen LogP contribution in [-0.4, -0.2) is 5.11 Å². The van der Waals surface area contributed by atoms with Gasteiger partial charge in [-0.2, -0.15) is 0 Å². The summed E-state index contributed by atoms with van der Waals surface area (Å²) >= 11 is 0. The van der Waals surface area contributed by atoms with E-state index in [4.69, 9.17) is 0 Å². The molecule has 0 amide bonds. The van der Waals surface area contributed by atoms with Crippen LogP contribution in [0, 0.1) is 0 Å². The SMILES string of the molecule is OC1=Cc2ccccc2CC1. The number of aliphatic hydroxyl groups excluding tert-OH is 1. The molecule has 1 heteroatoms. The number of benzene rings is 1. The van der Waals surface area contributed by atoms with Crippen molar-refractivity contribution in [2.45, 2.75) is 12.8 Å². The topological polar surface area (TPSA) is 20.2 Å². The fourth-order valence-electron chi connectivity index (χ4n) is 1.42. The second kappa shape index (κ2) is 2.42. The maximum atomic E-state index is 9.22. The fourth-order valence-corrected chi connectivity index (χ4v) is 1.42. The number of aliphatic hydroxyl groups is 1. The number of rotatable bonds is 0. The Morgan fingerprint density at radius 3 is 2.82 bits per heavy atom. The van der Waals surface area contributed by atoms with Crippen molar-refractivity contribution >= 4 is 6.08 Å². The first-order chi connectivity index (χ1) is 5.36. The molecular weight excluding hydrogens is 136 g/mol. The van der Waals surface area contributed by atoms with Gasteiger partial charge in [0.25, 0.3) is 0 Å². The van der Waals surface area contributed by atoms with Gasteiger partial charge in [0.2, 0.25) is 0 Å². The summed E-state index contributed by atoms with van der Waals surface area (Å²) < 4.78 is 0. The molecule has 1 nitrogen and oxygen atoms in total. The largest absolute Gasteiger partial charge is 0.512 e. The van der Waals surface area contributed by atoms with Gasteiger partial charge in [0.15, 0.2) is 0 Å². The third kappa shape index (κ3) is 1.14. The summed E-state index contributed by atoms with van der Waals surface area (Å²) in [7, 11) is 0. The molecule has 0 aliphatic heterocycles. The zero-order valence-electron chi connectivity index (χ0n) is 6.25. The first-order valence-corrected chi connectivity index (χ1v) is 3.84. The van der Waals surface area contributed by atoms with Gasteiger partial charge >= 0.3 is 0 Å². The lowest BCUT2D eigenvalue weighted by Crippen LogP contribution is -1.97. The van der Waals surface area contributed by atoms with E-state index in [9.17, 15) is 5.11 Å². The second-order valence-electron chi connectivity index (χ2n) is 2.83. The van der Waals surface area contributed by atoms with Crippen LogP contribution in [0.3, 0.4) is 0 Å². The molecule has 0 spiro atoms. The quantitative estimate of drug-likeness (QED) is 0.596. The molecule has 0 bridgehead atoms. The first-order valence-electron chi connectivity index (χ1n) is 3.84. The smallest absolute Gasteiger partial charge is 0.0932 e. The van der Waals surface area contributed by atoms with Crippen molar-refractivity contribution in [2.75, 3.05) is 0 Å². The standard InChI is InChI=1S/C10H10O/c11-10-6-5-8-3-1-2-4-9(8)7-10/h1-4,7,11H,5-6H2. The van der Waals surface area contributed by atoms with Gasteiger partial charge < -0.3 is 5.11 Å². The first kappa shape index (κ1) is 6.47. The fraction of sp³-hybridized carbons (Fsp3) is 0.200. The molecule has 0 heterocycles. The van der Waals surface area contributed by atoms with Crippen LogP contribution in [0.1, 0.15) is 17.5 Å². The highest BCUT2D eigenvalue weighted by atomic mass is 16.3. The molecule has 1 aromatic rings. The summed E-state index contributed by atoms with van der Waals surface area (Å²) in [5.74, 6) is 0.503. The van der Waals surface area contributed by atoms with Gasteiger partial charge in [-0.25, -0.2) is 0 Å². The van der Waals surface area contributed by atoms with Crippen LogP contribution in [0.5, 0.6) is 0 Å². The average Bonchev–Trinajstić information content (AvgIpc) is 2.04. The highest BCUT2D eigenvalue weighted by Gasteiger charge is 2.06. The van der Waals surface area contributed by atoms with Gasteiger partial charge in [-0.1, -0.05) is 24.3 Å². The van der Waals surface area contributed by atoms with Gasteiger partial charge in [0, 0.05) is 6.42 Å². The van der Waals surface area contributed by atoms with Crippen LogP contribution in [0.25, 0.3) is 6.08 Å². The summed E-state index contributed by atoms with van der Waals surface area (Å²) in [4.78, 5) is 0. The van der Waals surface area contributed by atoms with Crippen molar-refractivity contribution in [2.24, 2.45) is 0 Å². The number of hydrogen-bond donors (Lipinski definition) is 1. The Kier molecular flexibility index (Phi) is 1.42. The minimum atomic E-state index is 0.503. The van der Waals surface area contributed by atoms with E-state index in [1.54, 1.807) is 0 Å². The van der Waals surface area contributed by atoms with E-state index in [1.807, 2.05) is 24.3 Å². The molecule has 0 aromatic heterocycles. The number of allylic oxidation sites excluding steroid dienone is 1. The van der Waals surface area contributed by atoms with Gasteiger partial charge in [-0.15, -0.1) is 0 Å². The summed E-state index contributed by atoms with van der Waals surface area (Å²) in [5.41, 5.74) is 2.50. The summed E-state index contributed by atoms with van der Waals surface area (Å²) in [5, 5.41) is 9.22. The Balaban J connectivity index is 2.51. The Hall–Kier alpha value is -1.24. The van der Waals surface area contributed by atoms with E-state index in [1.165, 1.54) is 5.56 Å². The molecule has 56 valence electrons. The number of aryl methyl sites for hydroxylation is 1. The lowest BCUT2D eigenvalue weighted by atomic mass is 9.97. The molecule has 0 radical (unpaired) electrons. The molecule has 0 unspecified atom stereocenters. The Morgan fingerprint density at radius 1 is 1.09 bits per heavy atom. The van der Waals surface area contributed by atoms with E-state index >= 15 is 0 Å². The Labute approximate surface area is 66.0 Å². The normalized spacial score (nSPS) is 15.5. The Morgan fingerprint density at radius 2 is 1.91 bits per heavy atom. The van der Waals surface area contributed by atoms with E-state index in [2.05, 4.69) is 6.07 Å². The van der Waals surface area contributed by atoms with Gasteiger partial charge in [-0.05, 0) is 23.6 Å². The second-order valence-corrected chi connectivity index (χ2v) is 2.83. The van der Waals surface area contributed by atoms with Crippen LogP contribution in [0.2, 0.25) is 0 Å². The predicted molar refractivity (Wildman–Crippen MR) is 45.4 cm³/mol. The van der Waals surface area contributed by atoms with Crippen molar-refractivity contribution in [3.05, 3.63) is 41.2 Å². The van der Waals surface area contributed by atoms with Crippen LogP contribution in [-0.2, 0) is 6.42 Å². The molecule has 1 aliphatic carbocycles. The summed E-state index contributed by atoms with van der Waals surface area (Å²) in [6.07, 6.45) is 3.61. The van der Waals surface area contributed by atoms with Gasteiger partial charge in [0.1, 0.15) is 0 Å². The maximum absolute atomic E-state index is 9.22. The minimum absolute atomic E-state index is 0.503. The van der Waals surface area contributed by atoms with Gasteiger partial charge in [0.05, 0.1) is 5.76 Å². The maximum Gasteiger partial charge on any atom is 0.0932 e. The number of hydrogen-bond acceptors (Lipinski definition) is 1. The molecular formula is C10H10O. The zero-order valence-corrected chi connectivity index (χ0v) is 6.25. The van der Waals surface area contributed by atoms with Crippen molar-refractivity contribution in [1.29, 1.82) is 0 Å². The van der Waals surface area contributed by atoms with Crippen molar-refractivity contribution in [1.82, 2.24) is 0 Å². The van der Waals surface area contributed by atoms with E-state index < -0.39 is 0 Å². The highest BCUT2D eigenvalue weighted by molar-refractivity contribution is 5.57.